The van der Waals surface area contributed by atoms with Crippen LogP contribution in [0.2, 0.25) is 0 Å². The van der Waals surface area contributed by atoms with E-state index in [4.69, 9.17) is 10.5 Å². The van der Waals surface area contributed by atoms with Crippen molar-refractivity contribution in [3.05, 3.63) is 32.3 Å². The van der Waals surface area contributed by atoms with Crippen molar-refractivity contribution >= 4 is 27.3 Å². The van der Waals surface area contributed by atoms with Crippen molar-refractivity contribution in [3.63, 3.8) is 0 Å². The molecule has 1 aliphatic rings. The third-order valence-electron chi connectivity index (χ3n) is 3.55. The number of halogens is 1. The number of benzene rings is 1. The molecule has 0 aromatic heterocycles. The fraction of sp³-hybridized carbons (Fsp3) is 0.538. The van der Waals surface area contributed by atoms with Crippen LogP contribution in [0.15, 0.2) is 16.6 Å². The highest BCUT2D eigenvalue weighted by Gasteiger charge is 2.39. The predicted octanol–water partition coefficient (Wildman–Crippen LogP) is 2.58. The molecule has 0 radical (unpaired) electrons. The van der Waals surface area contributed by atoms with E-state index in [2.05, 4.69) is 21.2 Å². The molecule has 3 N–H and O–H groups in total. The minimum absolute atomic E-state index is 0.0344. The summed E-state index contributed by atoms with van der Waals surface area (Å²) in [4.78, 5) is 10.5. The van der Waals surface area contributed by atoms with Crippen molar-refractivity contribution in [2.75, 3.05) is 11.9 Å². The summed E-state index contributed by atoms with van der Waals surface area (Å²) in [5, 5.41) is 14.2. The highest BCUT2D eigenvalue weighted by molar-refractivity contribution is 9.10. The van der Waals surface area contributed by atoms with Crippen LogP contribution < -0.4 is 11.1 Å². The zero-order chi connectivity index (χ0) is 14.9. The van der Waals surface area contributed by atoms with Gasteiger partial charge in [0, 0.05) is 34.4 Å². The van der Waals surface area contributed by atoms with Gasteiger partial charge in [0.05, 0.1) is 17.1 Å². The van der Waals surface area contributed by atoms with E-state index in [1.54, 1.807) is 13.0 Å². The Kier molecular flexibility index (Phi) is 4.62. The second-order valence-electron chi connectivity index (χ2n) is 4.94. The van der Waals surface area contributed by atoms with Crippen molar-refractivity contribution in [2.24, 2.45) is 5.73 Å². The average Bonchev–Trinajstić information content (AvgIpc) is 2.38. The van der Waals surface area contributed by atoms with Gasteiger partial charge in [0.2, 0.25) is 0 Å². The smallest absolute Gasteiger partial charge is 0.273 e. The molecule has 0 amide bonds. The van der Waals surface area contributed by atoms with E-state index < -0.39 is 0 Å². The molecule has 0 spiro atoms. The summed E-state index contributed by atoms with van der Waals surface area (Å²) in [6.07, 6.45) is 0.923. The van der Waals surface area contributed by atoms with E-state index in [1.165, 1.54) is 6.07 Å². The van der Waals surface area contributed by atoms with Crippen molar-refractivity contribution in [2.45, 2.75) is 38.5 Å². The number of rotatable bonds is 5. The molecule has 0 aliphatic heterocycles. The standard InChI is InChI=1S/C13H18BrN3O3/c1-3-20-12-6-9(15)13(12)16-10-4-7(2)11(17(18)19)5-8(10)14/h4-5,9,12-13,16H,3,6,15H2,1-2H3. The molecule has 3 unspecified atom stereocenters. The largest absolute Gasteiger partial charge is 0.377 e. The molecule has 1 saturated carbocycles. The Labute approximate surface area is 126 Å². The molecule has 110 valence electrons. The van der Waals surface area contributed by atoms with Crippen molar-refractivity contribution < 1.29 is 9.66 Å². The fourth-order valence-corrected chi connectivity index (χ4v) is 2.83. The van der Waals surface area contributed by atoms with Crippen molar-refractivity contribution in [1.29, 1.82) is 0 Å². The van der Waals surface area contributed by atoms with Crippen LogP contribution in [0, 0.1) is 17.0 Å². The Bertz CT molecular complexity index is 522. The number of anilines is 1. The molecule has 7 heteroatoms. The van der Waals surface area contributed by atoms with Gasteiger partial charge in [-0.05, 0) is 42.3 Å². The number of hydrogen-bond donors (Lipinski definition) is 2. The van der Waals surface area contributed by atoms with Gasteiger partial charge in [0.1, 0.15) is 0 Å². The minimum Gasteiger partial charge on any atom is -0.377 e. The lowest BCUT2D eigenvalue weighted by molar-refractivity contribution is -0.385. The second kappa shape index (κ2) is 6.07. The zero-order valence-electron chi connectivity index (χ0n) is 11.4. The Morgan fingerprint density at radius 1 is 1.60 bits per heavy atom. The molecule has 1 aromatic rings. The maximum atomic E-state index is 10.9. The zero-order valence-corrected chi connectivity index (χ0v) is 13.0. The lowest BCUT2D eigenvalue weighted by Crippen LogP contribution is -2.60. The van der Waals surface area contributed by atoms with Crippen LogP contribution in [0.3, 0.4) is 0 Å². The van der Waals surface area contributed by atoms with E-state index in [0.29, 0.717) is 16.6 Å². The number of nitro benzene ring substituents is 1. The molecule has 0 heterocycles. The summed E-state index contributed by atoms with van der Waals surface area (Å²) in [6.45, 7) is 4.32. The molecule has 1 fully saturated rings. The highest BCUT2D eigenvalue weighted by Crippen LogP contribution is 2.34. The number of ether oxygens (including phenoxy) is 1. The van der Waals surface area contributed by atoms with Gasteiger partial charge in [-0.25, -0.2) is 0 Å². The van der Waals surface area contributed by atoms with E-state index in [1.807, 2.05) is 6.92 Å². The molecule has 6 nitrogen and oxygen atoms in total. The van der Waals surface area contributed by atoms with E-state index >= 15 is 0 Å². The summed E-state index contributed by atoms with van der Waals surface area (Å²) >= 11 is 3.36. The van der Waals surface area contributed by atoms with Crippen LogP contribution in [-0.2, 0) is 4.74 Å². The maximum absolute atomic E-state index is 10.9. The Morgan fingerprint density at radius 3 is 2.85 bits per heavy atom. The molecule has 3 atom stereocenters. The summed E-state index contributed by atoms with van der Waals surface area (Å²) in [7, 11) is 0. The van der Waals surface area contributed by atoms with Gasteiger partial charge < -0.3 is 15.8 Å². The van der Waals surface area contributed by atoms with Crippen LogP contribution >= 0.6 is 15.9 Å². The van der Waals surface area contributed by atoms with Gasteiger partial charge >= 0.3 is 0 Å². The molecular weight excluding hydrogens is 326 g/mol. The molecule has 0 bridgehead atoms. The van der Waals surface area contributed by atoms with Gasteiger partial charge in [-0.15, -0.1) is 0 Å². The molecular formula is C13H18BrN3O3. The lowest BCUT2D eigenvalue weighted by atomic mass is 9.83. The summed E-state index contributed by atoms with van der Waals surface area (Å²) in [5.41, 5.74) is 7.51. The number of aryl methyl sites for hydroxylation is 1. The van der Waals surface area contributed by atoms with Crippen LogP contribution in [-0.4, -0.2) is 29.7 Å². The summed E-state index contributed by atoms with van der Waals surface area (Å²) < 4.78 is 6.26. The quantitative estimate of drug-likeness (QED) is 0.633. The molecule has 1 aliphatic carbocycles. The van der Waals surface area contributed by atoms with Gasteiger partial charge in [0.15, 0.2) is 0 Å². The van der Waals surface area contributed by atoms with E-state index in [-0.39, 0.29) is 28.8 Å². The number of hydrogen-bond acceptors (Lipinski definition) is 5. The SMILES string of the molecule is CCOC1CC(N)C1Nc1cc(C)c([N+](=O)[O-])cc1Br. The third-order valence-corrected chi connectivity index (χ3v) is 4.21. The predicted molar refractivity (Wildman–Crippen MR) is 81.0 cm³/mol. The number of nitrogens with zero attached hydrogens (tertiary/aromatic N) is 1. The van der Waals surface area contributed by atoms with Crippen molar-refractivity contribution in [1.82, 2.24) is 0 Å². The normalized spacial score (nSPS) is 25.1. The number of nitrogens with two attached hydrogens (primary N) is 1. The summed E-state index contributed by atoms with van der Waals surface area (Å²) in [5.74, 6) is 0. The Hall–Kier alpha value is -1.18. The van der Waals surface area contributed by atoms with Crippen LogP contribution in [0.25, 0.3) is 0 Å². The molecule has 2 rings (SSSR count). The Balaban J connectivity index is 2.17. The number of nitrogens with one attached hydrogen (secondary N) is 1. The lowest BCUT2D eigenvalue weighted by Gasteiger charge is -2.43. The molecule has 0 saturated heterocycles. The van der Waals surface area contributed by atoms with Crippen LogP contribution in [0.5, 0.6) is 0 Å². The first kappa shape index (κ1) is 15.2. The maximum Gasteiger partial charge on any atom is 0.273 e. The Morgan fingerprint density at radius 2 is 2.30 bits per heavy atom. The van der Waals surface area contributed by atoms with Gasteiger partial charge in [0.25, 0.3) is 5.69 Å². The first-order chi connectivity index (χ1) is 9.43. The average molecular weight is 344 g/mol. The van der Waals surface area contributed by atoms with Crippen LogP contribution in [0.4, 0.5) is 11.4 Å². The highest BCUT2D eigenvalue weighted by atomic mass is 79.9. The van der Waals surface area contributed by atoms with Crippen molar-refractivity contribution in [3.8, 4) is 0 Å². The first-order valence-electron chi connectivity index (χ1n) is 6.52. The van der Waals surface area contributed by atoms with Gasteiger partial charge in [-0.2, -0.15) is 0 Å². The minimum atomic E-state index is -0.387. The first-order valence-corrected chi connectivity index (χ1v) is 7.31. The van der Waals surface area contributed by atoms with E-state index in [9.17, 15) is 10.1 Å². The topological polar surface area (TPSA) is 90.4 Å². The van der Waals surface area contributed by atoms with Crippen LogP contribution in [0.1, 0.15) is 18.9 Å². The third kappa shape index (κ3) is 2.94. The monoisotopic (exact) mass is 343 g/mol. The van der Waals surface area contributed by atoms with Gasteiger partial charge in [-0.3, -0.25) is 10.1 Å². The molecule has 20 heavy (non-hydrogen) atoms. The number of nitro groups is 1. The summed E-state index contributed by atoms with van der Waals surface area (Å²) in [6, 6.07) is 3.34. The van der Waals surface area contributed by atoms with Gasteiger partial charge in [-0.1, -0.05) is 0 Å². The fourth-order valence-electron chi connectivity index (χ4n) is 2.38. The van der Waals surface area contributed by atoms with E-state index in [0.717, 1.165) is 12.1 Å². The molecule has 1 aromatic carbocycles. The second-order valence-corrected chi connectivity index (χ2v) is 5.79.